The van der Waals surface area contributed by atoms with Crippen LogP contribution in [0.1, 0.15) is 47.9 Å². The molecule has 0 spiro atoms. The van der Waals surface area contributed by atoms with Crippen molar-refractivity contribution in [2.75, 3.05) is 24.2 Å². The molecule has 0 saturated heterocycles. The van der Waals surface area contributed by atoms with Crippen molar-refractivity contribution in [3.63, 3.8) is 0 Å². The number of benzene rings is 5. The van der Waals surface area contributed by atoms with E-state index >= 15 is 0 Å². The third kappa shape index (κ3) is 15.3. The van der Waals surface area contributed by atoms with Gasteiger partial charge in [-0.15, -0.1) is 0 Å². The fourth-order valence-electron chi connectivity index (χ4n) is 7.77. The summed E-state index contributed by atoms with van der Waals surface area (Å²) in [5.74, 6) is -4.00. The monoisotopic (exact) mass is 949 g/mol. The van der Waals surface area contributed by atoms with Gasteiger partial charge in [0.1, 0.15) is 30.8 Å². The molecule has 0 aliphatic rings. The molecule has 6 aromatic rings. The Hall–Kier alpha value is -8.47. The van der Waals surface area contributed by atoms with Gasteiger partial charge in [-0.05, 0) is 72.7 Å². The number of hydrogen-bond acceptors (Lipinski definition) is 8. The minimum Gasteiger partial charge on any atom is -0.461 e. The standard InChI is InChI=1S/C53H59N9O8/c1-35-18-12-14-26-41(35)60-52(68)55-29-17-16-28-43(58-50(66)44(61-53(69)57-39-23-10-5-11-24-39)31-38-33-56-42-27-15-13-25-40(38)42)49(65)59-45(32-47(63)70-34-37-21-8-4-9-22-37)51(67)62(2)46(48(54)64)30-36-19-6-3-7-20-36/h3-15,18-27,33,43-46,56H,16-17,28-32,34H2,1-2H3,(H2,54,64)(H,58,66)(H,59,65)(H2,55,60,68)(H2,57,61,69)/t43-,44-,45-,46-/m0/s1. The number of nitrogens with one attached hydrogen (secondary N) is 7. The molecule has 1 aromatic heterocycles. The first-order valence-electron chi connectivity index (χ1n) is 23.0. The molecule has 0 saturated carbocycles. The Labute approximate surface area is 406 Å². The molecule has 6 rings (SSSR count). The maximum Gasteiger partial charge on any atom is 0.319 e. The zero-order chi connectivity index (χ0) is 49.8. The third-order valence-corrected chi connectivity index (χ3v) is 11.6. The number of rotatable bonds is 23. The highest BCUT2D eigenvalue weighted by atomic mass is 16.5. The van der Waals surface area contributed by atoms with Crippen LogP contribution in [-0.2, 0) is 48.2 Å². The topological polar surface area (TPSA) is 246 Å². The zero-order valence-electron chi connectivity index (χ0n) is 39.1. The van der Waals surface area contributed by atoms with Crippen molar-refractivity contribution in [3.8, 4) is 0 Å². The summed E-state index contributed by atoms with van der Waals surface area (Å²) in [6.45, 7) is 1.97. The van der Waals surface area contributed by atoms with E-state index in [0.29, 0.717) is 34.5 Å². The molecule has 4 atom stereocenters. The van der Waals surface area contributed by atoms with Crippen molar-refractivity contribution in [1.82, 2.24) is 31.2 Å². The van der Waals surface area contributed by atoms with Gasteiger partial charge in [-0.2, -0.15) is 0 Å². The van der Waals surface area contributed by atoms with Gasteiger partial charge in [-0.25, -0.2) is 9.59 Å². The van der Waals surface area contributed by atoms with E-state index in [1.807, 2.05) is 55.5 Å². The quantitative estimate of drug-likeness (QED) is 0.0285. The Kier molecular flexibility index (Phi) is 18.6. The maximum atomic E-state index is 14.6. The molecule has 0 bridgehead atoms. The zero-order valence-corrected chi connectivity index (χ0v) is 39.1. The lowest BCUT2D eigenvalue weighted by Gasteiger charge is -2.31. The summed E-state index contributed by atoms with van der Waals surface area (Å²) in [6.07, 6.45) is 1.84. The van der Waals surface area contributed by atoms with Crippen LogP contribution in [0.4, 0.5) is 21.0 Å². The number of H-pyrrole nitrogens is 1. The highest BCUT2D eigenvalue weighted by molar-refractivity contribution is 5.98. The molecule has 1 heterocycles. The Morgan fingerprint density at radius 1 is 0.643 bits per heavy atom. The average molecular weight is 950 g/mol. The lowest BCUT2D eigenvalue weighted by Crippen LogP contribution is -2.59. The van der Waals surface area contributed by atoms with Crippen molar-refractivity contribution in [2.45, 2.75) is 76.2 Å². The molecule has 364 valence electrons. The van der Waals surface area contributed by atoms with Crippen LogP contribution in [0.5, 0.6) is 0 Å². The molecule has 0 aliphatic heterocycles. The van der Waals surface area contributed by atoms with E-state index in [0.717, 1.165) is 21.4 Å². The van der Waals surface area contributed by atoms with Crippen LogP contribution < -0.4 is 37.6 Å². The van der Waals surface area contributed by atoms with Gasteiger partial charge in [-0.3, -0.25) is 24.0 Å². The molecule has 70 heavy (non-hydrogen) atoms. The minimum atomic E-state index is -1.58. The minimum absolute atomic E-state index is 0.00179. The van der Waals surface area contributed by atoms with Crippen molar-refractivity contribution >= 4 is 63.9 Å². The summed E-state index contributed by atoms with van der Waals surface area (Å²) in [6, 6.07) is 34.9. The summed E-state index contributed by atoms with van der Waals surface area (Å²) < 4.78 is 5.53. The first kappa shape index (κ1) is 50.9. The van der Waals surface area contributed by atoms with Gasteiger partial charge < -0.3 is 52.3 Å². The average Bonchev–Trinajstić information content (AvgIpc) is 3.77. The molecule has 17 heteroatoms. The Bertz CT molecular complexity index is 2720. The van der Waals surface area contributed by atoms with Gasteiger partial charge in [0.25, 0.3) is 0 Å². The smallest absolute Gasteiger partial charge is 0.319 e. The normalized spacial score (nSPS) is 12.5. The van der Waals surface area contributed by atoms with E-state index in [1.54, 1.807) is 97.2 Å². The Morgan fingerprint density at radius 2 is 1.26 bits per heavy atom. The van der Waals surface area contributed by atoms with Gasteiger partial charge in [-0.1, -0.05) is 115 Å². The Morgan fingerprint density at radius 3 is 1.96 bits per heavy atom. The first-order chi connectivity index (χ1) is 33.8. The number of aryl methyl sites for hydroxylation is 1. The fourth-order valence-corrected chi connectivity index (χ4v) is 7.77. The molecule has 9 N–H and O–H groups in total. The second-order valence-corrected chi connectivity index (χ2v) is 16.8. The van der Waals surface area contributed by atoms with Crippen molar-refractivity contribution in [3.05, 3.63) is 168 Å². The predicted molar refractivity (Wildman–Crippen MR) is 267 cm³/mol. The number of nitrogens with two attached hydrogens (primary N) is 1. The lowest BCUT2D eigenvalue weighted by molar-refractivity contribution is -0.150. The number of amides is 8. The van der Waals surface area contributed by atoms with E-state index < -0.39 is 72.2 Å². The summed E-state index contributed by atoms with van der Waals surface area (Å²) in [5, 5.41) is 17.4. The summed E-state index contributed by atoms with van der Waals surface area (Å²) >= 11 is 0. The first-order valence-corrected chi connectivity index (χ1v) is 23.0. The van der Waals surface area contributed by atoms with Crippen LogP contribution in [-0.4, -0.2) is 89.3 Å². The van der Waals surface area contributed by atoms with Crippen LogP contribution in [0.2, 0.25) is 0 Å². The van der Waals surface area contributed by atoms with Crippen molar-refractivity contribution in [1.29, 1.82) is 0 Å². The number of anilines is 2. The molecule has 0 aliphatic carbocycles. The van der Waals surface area contributed by atoms with Crippen LogP contribution in [0.25, 0.3) is 10.9 Å². The third-order valence-electron chi connectivity index (χ3n) is 11.6. The number of para-hydroxylation sites is 3. The molecular weight excluding hydrogens is 891 g/mol. The molecule has 0 radical (unpaired) electrons. The molecule has 17 nitrogen and oxygen atoms in total. The molecular formula is C53H59N9O8. The lowest BCUT2D eigenvalue weighted by atomic mass is 10.0. The van der Waals surface area contributed by atoms with E-state index in [-0.39, 0.29) is 38.8 Å². The predicted octanol–water partition coefficient (Wildman–Crippen LogP) is 5.86. The van der Waals surface area contributed by atoms with Crippen LogP contribution in [0, 0.1) is 6.92 Å². The number of carbonyl (C=O) groups is 7. The second kappa shape index (κ2) is 25.6. The van der Waals surface area contributed by atoms with E-state index in [4.69, 9.17) is 10.5 Å². The number of urea groups is 2. The van der Waals surface area contributed by atoms with Crippen molar-refractivity contribution in [2.24, 2.45) is 5.73 Å². The fraction of sp³-hybridized carbons (Fsp3) is 0.264. The SMILES string of the molecule is Cc1ccccc1NC(=O)NCCCC[C@H](NC(=O)[C@H](Cc1c[nH]c2ccccc12)NC(=O)Nc1ccccc1)C(=O)N[C@@H](CC(=O)OCc1ccccc1)C(=O)N(C)[C@@H](Cc1ccccc1)C(N)=O. The van der Waals surface area contributed by atoms with Gasteiger partial charge in [0.15, 0.2) is 0 Å². The highest BCUT2D eigenvalue weighted by Crippen LogP contribution is 2.20. The number of aromatic nitrogens is 1. The molecule has 0 fully saturated rings. The molecule has 5 aromatic carbocycles. The van der Waals surface area contributed by atoms with Gasteiger partial charge in [0.05, 0.1) is 6.42 Å². The van der Waals surface area contributed by atoms with Gasteiger partial charge in [0.2, 0.25) is 23.6 Å². The largest absolute Gasteiger partial charge is 0.461 e. The van der Waals surface area contributed by atoms with Crippen LogP contribution in [0.15, 0.2) is 146 Å². The number of likely N-dealkylation sites (N-methyl/N-ethyl adjacent to an activating group) is 1. The number of esters is 1. The highest BCUT2D eigenvalue weighted by Gasteiger charge is 2.35. The van der Waals surface area contributed by atoms with E-state index in [2.05, 4.69) is 36.9 Å². The second-order valence-electron chi connectivity index (χ2n) is 16.8. The molecule has 8 amide bonds. The van der Waals surface area contributed by atoms with Gasteiger partial charge in [0, 0.05) is 54.9 Å². The summed E-state index contributed by atoms with van der Waals surface area (Å²) in [5.41, 5.74) is 10.8. The van der Waals surface area contributed by atoms with Gasteiger partial charge >= 0.3 is 18.0 Å². The number of ether oxygens (including phenoxy) is 1. The van der Waals surface area contributed by atoms with E-state index in [9.17, 15) is 33.6 Å². The Balaban J connectivity index is 1.24. The molecule has 0 unspecified atom stereocenters. The van der Waals surface area contributed by atoms with E-state index in [1.165, 1.54) is 7.05 Å². The number of carbonyl (C=O) groups excluding carboxylic acids is 7. The van der Waals surface area contributed by atoms with Crippen LogP contribution >= 0.6 is 0 Å². The summed E-state index contributed by atoms with van der Waals surface area (Å²) in [7, 11) is 1.36. The van der Waals surface area contributed by atoms with Crippen LogP contribution in [0.3, 0.4) is 0 Å². The number of primary amides is 1. The number of aromatic amines is 1. The summed E-state index contributed by atoms with van der Waals surface area (Å²) in [4.78, 5) is 101. The van der Waals surface area contributed by atoms with Crippen molar-refractivity contribution < 1.29 is 38.3 Å². The number of hydrogen-bond donors (Lipinski definition) is 8. The number of unbranched alkanes of at least 4 members (excludes halogenated alkanes) is 1. The maximum absolute atomic E-state index is 14.6. The number of nitrogens with zero attached hydrogens (tertiary/aromatic N) is 1. The number of fused-ring (bicyclic) bond motifs is 1.